The quantitative estimate of drug-likeness (QED) is 0.553. The number of aromatic nitrogens is 3. The van der Waals surface area contributed by atoms with E-state index in [9.17, 15) is 0 Å². The molecule has 4 aromatic rings. The lowest BCUT2D eigenvalue weighted by Crippen LogP contribution is -2.12. The van der Waals surface area contributed by atoms with Crippen molar-refractivity contribution in [3.63, 3.8) is 0 Å². The molecule has 0 saturated heterocycles. The van der Waals surface area contributed by atoms with Gasteiger partial charge in [0, 0.05) is 24.8 Å². The first kappa shape index (κ1) is 16.0. The van der Waals surface area contributed by atoms with Gasteiger partial charge < -0.3 is 5.32 Å². The fraction of sp³-hybridized carbons (Fsp3) is 0.0952. The summed E-state index contributed by atoms with van der Waals surface area (Å²) in [5, 5.41) is 7.70. The molecule has 0 fully saturated rings. The molecule has 2 aromatic heterocycles. The minimum Gasteiger partial charge on any atom is -0.309 e. The number of hydrogen-bond acceptors (Lipinski definition) is 3. The van der Waals surface area contributed by atoms with Crippen LogP contribution in [0.15, 0.2) is 73.1 Å². The Bertz CT molecular complexity index is 1060. The lowest BCUT2D eigenvalue weighted by molar-refractivity contribution is 0.694. The molecular formula is C21H17N5. The summed E-state index contributed by atoms with van der Waals surface area (Å²) in [5.74, 6) is 0. The normalized spacial score (nSPS) is 10.7. The minimum absolute atomic E-state index is 0.673. The molecule has 0 bridgehead atoms. The Morgan fingerprint density at radius 1 is 0.962 bits per heavy atom. The van der Waals surface area contributed by atoms with Gasteiger partial charge in [0.25, 0.3) is 0 Å². The van der Waals surface area contributed by atoms with Crippen molar-refractivity contribution in [2.75, 3.05) is 0 Å². The number of fused-ring (bicyclic) bond motifs is 1. The number of nitrogens with zero attached hydrogens (tertiary/aromatic N) is 4. The molecule has 0 aliphatic carbocycles. The summed E-state index contributed by atoms with van der Waals surface area (Å²) in [6, 6.07) is 19.9. The van der Waals surface area contributed by atoms with E-state index in [1.54, 1.807) is 10.7 Å². The van der Waals surface area contributed by atoms with Gasteiger partial charge in [0.15, 0.2) is 11.3 Å². The Balaban J connectivity index is 1.46. The van der Waals surface area contributed by atoms with E-state index in [0.29, 0.717) is 5.69 Å². The molecule has 0 atom stereocenters. The summed E-state index contributed by atoms with van der Waals surface area (Å²) in [6.07, 6.45) is 3.69. The molecule has 2 heterocycles. The van der Waals surface area contributed by atoms with E-state index >= 15 is 0 Å². The van der Waals surface area contributed by atoms with Gasteiger partial charge in [-0.05, 0) is 29.3 Å². The van der Waals surface area contributed by atoms with Crippen LogP contribution in [-0.2, 0) is 13.1 Å². The maximum atomic E-state index is 7.09. The summed E-state index contributed by atoms with van der Waals surface area (Å²) in [4.78, 5) is 8.09. The van der Waals surface area contributed by atoms with E-state index in [2.05, 4.69) is 38.4 Å². The van der Waals surface area contributed by atoms with Crippen LogP contribution in [0.4, 0.5) is 5.69 Å². The number of imidazole rings is 1. The van der Waals surface area contributed by atoms with Gasteiger partial charge in [-0.1, -0.05) is 42.5 Å². The fourth-order valence-corrected chi connectivity index (χ4v) is 2.90. The van der Waals surface area contributed by atoms with Crippen molar-refractivity contribution in [1.29, 1.82) is 0 Å². The Morgan fingerprint density at radius 2 is 1.77 bits per heavy atom. The second kappa shape index (κ2) is 7.18. The van der Waals surface area contributed by atoms with Gasteiger partial charge in [0.1, 0.15) is 0 Å². The largest absolute Gasteiger partial charge is 0.309 e. The highest BCUT2D eigenvalue weighted by Gasteiger charge is 2.05. The van der Waals surface area contributed by atoms with Crippen molar-refractivity contribution in [3.05, 3.63) is 95.6 Å². The molecule has 2 aromatic carbocycles. The molecule has 0 radical (unpaired) electrons. The summed E-state index contributed by atoms with van der Waals surface area (Å²) < 4.78 is 1.78. The second-order valence-corrected chi connectivity index (χ2v) is 6.04. The van der Waals surface area contributed by atoms with Gasteiger partial charge >= 0.3 is 0 Å². The van der Waals surface area contributed by atoms with Crippen LogP contribution in [0.5, 0.6) is 0 Å². The predicted molar refractivity (Wildman–Crippen MR) is 102 cm³/mol. The molecular weight excluding hydrogens is 322 g/mol. The fourth-order valence-electron chi connectivity index (χ4n) is 2.90. The molecule has 5 heteroatoms. The van der Waals surface area contributed by atoms with Gasteiger partial charge in [0.2, 0.25) is 0 Å². The number of rotatable bonds is 5. The molecule has 4 rings (SSSR count). The van der Waals surface area contributed by atoms with Gasteiger partial charge in [-0.2, -0.15) is 5.10 Å². The molecule has 26 heavy (non-hydrogen) atoms. The standard InChI is InChI=1S/C21H17N5/c1-22-19-8-3-6-17(12-19)14-23-13-16-5-2-7-18(11-16)20-15-26-21(25-20)9-4-10-24-26/h2-12,15,23H,13-14H2. The number of hydrogen-bond donors (Lipinski definition) is 1. The lowest BCUT2D eigenvalue weighted by Gasteiger charge is -2.07. The van der Waals surface area contributed by atoms with Gasteiger partial charge in [-0.3, -0.25) is 0 Å². The van der Waals surface area contributed by atoms with Crippen LogP contribution in [0.2, 0.25) is 0 Å². The van der Waals surface area contributed by atoms with E-state index < -0.39 is 0 Å². The highest BCUT2D eigenvalue weighted by molar-refractivity contribution is 5.62. The Morgan fingerprint density at radius 3 is 2.58 bits per heavy atom. The van der Waals surface area contributed by atoms with E-state index in [4.69, 9.17) is 6.57 Å². The first-order chi connectivity index (χ1) is 12.8. The van der Waals surface area contributed by atoms with Crippen molar-refractivity contribution in [2.45, 2.75) is 13.1 Å². The first-order valence-corrected chi connectivity index (χ1v) is 8.39. The zero-order valence-corrected chi connectivity index (χ0v) is 14.1. The summed E-state index contributed by atoms with van der Waals surface area (Å²) in [7, 11) is 0. The molecule has 1 N–H and O–H groups in total. The van der Waals surface area contributed by atoms with Crippen molar-refractivity contribution in [1.82, 2.24) is 19.9 Å². The lowest BCUT2D eigenvalue weighted by atomic mass is 10.1. The van der Waals surface area contributed by atoms with Crippen LogP contribution >= 0.6 is 0 Å². The smallest absolute Gasteiger partial charge is 0.187 e. The summed E-state index contributed by atoms with van der Waals surface area (Å²) in [6.45, 7) is 8.57. The average Bonchev–Trinajstić information content (AvgIpc) is 3.13. The topological polar surface area (TPSA) is 46.6 Å². The number of nitrogens with one attached hydrogen (secondary N) is 1. The van der Waals surface area contributed by atoms with Gasteiger partial charge in [-0.25, -0.2) is 14.3 Å². The van der Waals surface area contributed by atoms with Gasteiger partial charge in [0.05, 0.1) is 18.5 Å². The molecule has 0 unspecified atom stereocenters. The van der Waals surface area contributed by atoms with Crippen LogP contribution < -0.4 is 5.32 Å². The third-order valence-corrected chi connectivity index (χ3v) is 4.16. The van der Waals surface area contributed by atoms with Crippen molar-refractivity contribution < 1.29 is 0 Å². The van der Waals surface area contributed by atoms with Crippen LogP contribution in [0.1, 0.15) is 11.1 Å². The molecule has 5 nitrogen and oxygen atoms in total. The molecule has 0 aliphatic rings. The molecule has 0 aliphatic heterocycles. The molecule has 0 amide bonds. The third-order valence-electron chi connectivity index (χ3n) is 4.16. The highest BCUT2D eigenvalue weighted by Crippen LogP contribution is 2.20. The molecule has 0 saturated carbocycles. The Labute approximate surface area is 151 Å². The predicted octanol–water partition coefficient (Wildman–Crippen LogP) is 4.24. The van der Waals surface area contributed by atoms with E-state index in [0.717, 1.165) is 35.6 Å². The average molecular weight is 339 g/mol. The number of benzene rings is 2. The van der Waals surface area contributed by atoms with Crippen molar-refractivity contribution >= 4 is 11.3 Å². The summed E-state index contributed by atoms with van der Waals surface area (Å²) >= 11 is 0. The van der Waals surface area contributed by atoms with E-state index in [1.807, 2.05) is 48.7 Å². The van der Waals surface area contributed by atoms with Crippen molar-refractivity contribution in [2.24, 2.45) is 0 Å². The SMILES string of the molecule is [C-]#[N+]c1cccc(CNCc2cccc(-c3cn4ncccc4n3)c2)c1. The zero-order chi connectivity index (χ0) is 17.8. The minimum atomic E-state index is 0.673. The highest BCUT2D eigenvalue weighted by atomic mass is 15.2. The van der Waals surface area contributed by atoms with Crippen molar-refractivity contribution in [3.8, 4) is 11.3 Å². The Kier molecular flexibility index (Phi) is 4.42. The Hall–Kier alpha value is -3.49. The first-order valence-electron chi connectivity index (χ1n) is 8.39. The van der Waals surface area contributed by atoms with Gasteiger partial charge in [-0.15, -0.1) is 0 Å². The zero-order valence-electron chi connectivity index (χ0n) is 14.1. The van der Waals surface area contributed by atoms with Crippen LogP contribution in [-0.4, -0.2) is 14.6 Å². The van der Waals surface area contributed by atoms with Crippen LogP contribution in [0.25, 0.3) is 21.7 Å². The molecule has 0 spiro atoms. The maximum Gasteiger partial charge on any atom is 0.187 e. The molecule has 126 valence electrons. The van der Waals surface area contributed by atoms with E-state index in [-0.39, 0.29) is 0 Å². The maximum absolute atomic E-state index is 7.09. The monoisotopic (exact) mass is 339 g/mol. The summed E-state index contributed by atoms with van der Waals surface area (Å²) in [5.41, 5.74) is 5.80. The van der Waals surface area contributed by atoms with E-state index in [1.165, 1.54) is 5.56 Å². The van der Waals surface area contributed by atoms with Crippen LogP contribution in [0.3, 0.4) is 0 Å². The third kappa shape index (κ3) is 3.46. The van der Waals surface area contributed by atoms with Crippen LogP contribution in [0, 0.1) is 6.57 Å². The second-order valence-electron chi connectivity index (χ2n) is 6.04.